The molecule has 88 valence electrons. The molecule has 0 amide bonds. The van der Waals surface area contributed by atoms with Crippen LogP contribution in [0.2, 0.25) is 0 Å². The minimum Gasteiger partial charge on any atom is -0.374 e. The third kappa shape index (κ3) is 3.13. The first-order valence-corrected chi connectivity index (χ1v) is 8.29. The van der Waals surface area contributed by atoms with E-state index in [1.54, 1.807) is 0 Å². The van der Waals surface area contributed by atoms with Crippen LogP contribution in [0.5, 0.6) is 0 Å². The molecule has 0 radical (unpaired) electrons. The molecule has 1 nitrogen and oxygen atoms in total. The summed E-state index contributed by atoms with van der Waals surface area (Å²) in [5.74, 6) is 4.27. The van der Waals surface area contributed by atoms with Gasteiger partial charge in [0.05, 0.1) is 5.60 Å². The molecule has 3 atom stereocenters. The lowest BCUT2D eigenvalue weighted by atomic mass is 9.81. The summed E-state index contributed by atoms with van der Waals surface area (Å²) in [7, 11) is 0. The van der Waals surface area contributed by atoms with Gasteiger partial charge in [-0.3, -0.25) is 0 Å². The van der Waals surface area contributed by atoms with Crippen molar-refractivity contribution in [1.29, 1.82) is 0 Å². The molecule has 0 aromatic carbocycles. The Kier molecular flexibility index (Phi) is 4.42. The first-order chi connectivity index (χ1) is 7.24. The Morgan fingerprint density at radius 1 is 1.60 bits per heavy atom. The fourth-order valence-electron chi connectivity index (χ4n) is 2.83. The molecular weight excluding hydrogens is 272 g/mol. The van der Waals surface area contributed by atoms with E-state index in [9.17, 15) is 0 Å². The van der Waals surface area contributed by atoms with E-state index in [-0.39, 0.29) is 5.60 Å². The highest BCUT2D eigenvalue weighted by molar-refractivity contribution is 9.09. The molecule has 15 heavy (non-hydrogen) atoms. The molecule has 0 bridgehead atoms. The van der Waals surface area contributed by atoms with Gasteiger partial charge in [-0.2, -0.15) is 11.8 Å². The first-order valence-electron chi connectivity index (χ1n) is 6.02. The number of rotatable bonds is 3. The van der Waals surface area contributed by atoms with Crippen LogP contribution in [0.25, 0.3) is 0 Å². The topological polar surface area (TPSA) is 9.23 Å². The van der Waals surface area contributed by atoms with Crippen LogP contribution in [-0.4, -0.2) is 29.0 Å². The molecule has 3 unspecified atom stereocenters. The smallest absolute Gasteiger partial charge is 0.0783 e. The molecular formula is C12H21BrOS. The van der Waals surface area contributed by atoms with Crippen LogP contribution >= 0.6 is 27.7 Å². The highest BCUT2D eigenvalue weighted by Gasteiger charge is 2.40. The molecule has 2 heterocycles. The molecule has 2 aliphatic rings. The molecule has 0 aliphatic carbocycles. The molecule has 0 aromatic rings. The zero-order valence-corrected chi connectivity index (χ0v) is 11.9. The minimum absolute atomic E-state index is 0.277. The van der Waals surface area contributed by atoms with Crippen LogP contribution in [0.15, 0.2) is 0 Å². The van der Waals surface area contributed by atoms with E-state index in [1.807, 2.05) is 0 Å². The van der Waals surface area contributed by atoms with Crippen molar-refractivity contribution >= 4 is 27.7 Å². The van der Waals surface area contributed by atoms with Crippen LogP contribution in [-0.2, 0) is 4.74 Å². The second kappa shape index (κ2) is 5.42. The highest BCUT2D eigenvalue weighted by atomic mass is 79.9. The number of ether oxygens (including phenoxy) is 1. The third-order valence-electron chi connectivity index (χ3n) is 3.66. The van der Waals surface area contributed by atoms with Crippen molar-refractivity contribution in [3.63, 3.8) is 0 Å². The maximum absolute atomic E-state index is 6.04. The van der Waals surface area contributed by atoms with Crippen molar-refractivity contribution in [2.24, 2.45) is 11.8 Å². The van der Waals surface area contributed by atoms with Crippen molar-refractivity contribution < 1.29 is 4.74 Å². The summed E-state index contributed by atoms with van der Waals surface area (Å²) < 4.78 is 6.04. The number of hydrogen-bond donors (Lipinski definition) is 0. The lowest BCUT2D eigenvalue weighted by molar-refractivity contribution is -0.0819. The van der Waals surface area contributed by atoms with Gasteiger partial charge in [0, 0.05) is 17.7 Å². The molecule has 0 N–H and O–H groups in total. The zero-order chi connectivity index (χ0) is 10.7. The molecule has 0 aromatic heterocycles. The Morgan fingerprint density at radius 3 is 3.13 bits per heavy atom. The quantitative estimate of drug-likeness (QED) is 0.734. The van der Waals surface area contributed by atoms with E-state index < -0.39 is 0 Å². The van der Waals surface area contributed by atoms with E-state index in [2.05, 4.69) is 34.6 Å². The number of alkyl halides is 1. The van der Waals surface area contributed by atoms with Crippen LogP contribution < -0.4 is 0 Å². The molecule has 2 rings (SSSR count). The van der Waals surface area contributed by atoms with Crippen molar-refractivity contribution in [1.82, 2.24) is 0 Å². The molecule has 2 fully saturated rings. The SMILES string of the molecule is CC(CBr)CC1CCOC2(CCSC2)C1. The molecule has 1 spiro atoms. The van der Waals surface area contributed by atoms with Crippen molar-refractivity contribution in [2.75, 3.05) is 23.4 Å². The standard InChI is InChI=1S/C12H21BrOS/c1-10(8-13)6-11-2-4-14-12(7-11)3-5-15-9-12/h10-11H,2-9H2,1H3. The largest absolute Gasteiger partial charge is 0.374 e. The number of halogens is 1. The summed E-state index contributed by atoms with van der Waals surface area (Å²) >= 11 is 5.65. The van der Waals surface area contributed by atoms with Crippen molar-refractivity contribution in [3.8, 4) is 0 Å². The Bertz CT molecular complexity index is 204. The fraction of sp³-hybridized carbons (Fsp3) is 1.00. The molecule has 0 saturated carbocycles. The number of thioether (sulfide) groups is 1. The second-order valence-electron chi connectivity index (χ2n) is 5.19. The molecule has 3 heteroatoms. The van der Waals surface area contributed by atoms with Gasteiger partial charge in [0.2, 0.25) is 0 Å². The van der Waals surface area contributed by atoms with E-state index in [4.69, 9.17) is 4.74 Å². The van der Waals surface area contributed by atoms with E-state index in [0.717, 1.165) is 23.8 Å². The van der Waals surface area contributed by atoms with Gasteiger partial charge in [-0.05, 0) is 43.3 Å². The predicted molar refractivity (Wildman–Crippen MR) is 70.9 cm³/mol. The van der Waals surface area contributed by atoms with E-state index >= 15 is 0 Å². The van der Waals surface area contributed by atoms with E-state index in [0.29, 0.717) is 0 Å². The normalized spacial score (nSPS) is 38.4. The zero-order valence-electron chi connectivity index (χ0n) is 9.51. The van der Waals surface area contributed by atoms with Gasteiger partial charge in [0.1, 0.15) is 0 Å². The minimum atomic E-state index is 0.277. The Labute approximate surface area is 106 Å². The molecule has 2 saturated heterocycles. The Morgan fingerprint density at radius 2 is 2.47 bits per heavy atom. The Hall–Kier alpha value is 0.790. The van der Waals surface area contributed by atoms with Gasteiger partial charge < -0.3 is 4.74 Å². The maximum Gasteiger partial charge on any atom is 0.0783 e. The predicted octanol–water partition coefficient (Wildman–Crippen LogP) is 3.71. The van der Waals surface area contributed by atoms with Crippen LogP contribution in [0, 0.1) is 11.8 Å². The number of hydrogen-bond acceptors (Lipinski definition) is 2. The van der Waals surface area contributed by atoms with Gasteiger partial charge in [-0.25, -0.2) is 0 Å². The van der Waals surface area contributed by atoms with Crippen molar-refractivity contribution in [2.45, 2.75) is 38.2 Å². The summed E-state index contributed by atoms with van der Waals surface area (Å²) in [6.45, 7) is 3.35. The first kappa shape index (κ1) is 12.3. The van der Waals surface area contributed by atoms with Crippen molar-refractivity contribution in [3.05, 3.63) is 0 Å². The lowest BCUT2D eigenvalue weighted by Gasteiger charge is -2.38. The second-order valence-corrected chi connectivity index (χ2v) is 6.94. The summed E-state index contributed by atoms with van der Waals surface area (Å²) in [5, 5.41) is 1.14. The summed E-state index contributed by atoms with van der Waals surface area (Å²) in [4.78, 5) is 0. The fourth-order valence-corrected chi connectivity index (χ4v) is 4.47. The van der Waals surface area contributed by atoms with Gasteiger partial charge in [-0.1, -0.05) is 22.9 Å². The monoisotopic (exact) mass is 292 g/mol. The van der Waals surface area contributed by atoms with Gasteiger partial charge in [-0.15, -0.1) is 0 Å². The van der Waals surface area contributed by atoms with Crippen LogP contribution in [0.4, 0.5) is 0 Å². The maximum atomic E-state index is 6.04. The Balaban J connectivity index is 1.86. The van der Waals surface area contributed by atoms with Gasteiger partial charge in [0.15, 0.2) is 0 Å². The highest BCUT2D eigenvalue weighted by Crippen LogP contribution is 2.42. The van der Waals surface area contributed by atoms with Crippen LogP contribution in [0.1, 0.15) is 32.6 Å². The summed E-state index contributed by atoms with van der Waals surface area (Å²) in [5.41, 5.74) is 0.277. The van der Waals surface area contributed by atoms with Gasteiger partial charge in [0.25, 0.3) is 0 Å². The van der Waals surface area contributed by atoms with Gasteiger partial charge >= 0.3 is 0 Å². The summed E-state index contributed by atoms with van der Waals surface area (Å²) in [6.07, 6.45) is 5.26. The average Bonchev–Trinajstić information content (AvgIpc) is 2.66. The molecule has 2 aliphatic heterocycles. The third-order valence-corrected chi connectivity index (χ3v) is 5.99. The lowest BCUT2D eigenvalue weighted by Crippen LogP contribution is -2.40. The van der Waals surface area contributed by atoms with Crippen LogP contribution in [0.3, 0.4) is 0 Å². The summed E-state index contributed by atoms with van der Waals surface area (Å²) in [6, 6.07) is 0. The average molecular weight is 293 g/mol. The van der Waals surface area contributed by atoms with E-state index in [1.165, 1.54) is 37.2 Å².